The van der Waals surface area contributed by atoms with Crippen molar-refractivity contribution in [1.82, 2.24) is 0 Å². The Bertz CT molecular complexity index is 1080. The number of carbonyl (C=O) groups is 1. The van der Waals surface area contributed by atoms with Crippen LogP contribution in [0.25, 0.3) is 17.4 Å². The first-order valence-electron chi connectivity index (χ1n) is 7.64. The molecule has 0 aliphatic carbocycles. The number of fused-ring (bicyclic) bond motifs is 1. The molecule has 7 heteroatoms. The highest BCUT2D eigenvalue weighted by Crippen LogP contribution is 2.41. The highest BCUT2D eigenvalue weighted by atomic mass is 32.2. The van der Waals surface area contributed by atoms with E-state index in [-0.39, 0.29) is 28.5 Å². The Hall–Kier alpha value is -3.32. The van der Waals surface area contributed by atoms with Crippen molar-refractivity contribution in [3.63, 3.8) is 0 Å². The summed E-state index contributed by atoms with van der Waals surface area (Å²) in [5.41, 5.74) is 0.732. The fourth-order valence-corrected chi connectivity index (χ4v) is 3.71. The number of phenolic OH excluding ortho intramolecular Hbond substituents is 1. The number of Topliss-reactive ketones (excluding diaryl/α,β-unsaturated/α-hetero) is 1. The third-order valence-corrected chi connectivity index (χ3v) is 5.03. The van der Waals surface area contributed by atoms with Crippen LogP contribution in [-0.2, 0) is 0 Å². The molecule has 128 valence electrons. The Morgan fingerprint density at radius 3 is 2.65 bits per heavy atom. The lowest BCUT2D eigenvalue weighted by atomic mass is 10.1. The molecule has 1 aliphatic rings. The van der Waals surface area contributed by atoms with Gasteiger partial charge in [0.15, 0.2) is 0 Å². The van der Waals surface area contributed by atoms with Gasteiger partial charge in [0, 0.05) is 22.6 Å². The van der Waals surface area contributed by atoms with Gasteiger partial charge in [0.1, 0.15) is 17.3 Å². The Kier molecular flexibility index (Phi) is 3.85. The lowest BCUT2D eigenvalue weighted by Gasteiger charge is -2.01. The van der Waals surface area contributed by atoms with Gasteiger partial charge in [0.05, 0.1) is 15.4 Å². The maximum absolute atomic E-state index is 12.4. The molecular weight excluding hydrogens is 354 g/mol. The molecule has 0 bridgehead atoms. The number of thioether (sulfide) groups is 1. The minimum Gasteiger partial charge on any atom is -0.507 e. The Labute approximate surface area is 151 Å². The summed E-state index contributed by atoms with van der Waals surface area (Å²) < 4.78 is 5.67. The maximum Gasteiger partial charge on any atom is 0.270 e. The normalized spacial score (nSPS) is 14.6. The summed E-state index contributed by atoms with van der Waals surface area (Å²) >= 11 is 1.37. The number of ketones is 1. The van der Waals surface area contributed by atoms with E-state index in [1.165, 1.54) is 30.0 Å². The molecule has 0 radical (unpaired) electrons. The molecule has 1 aromatic heterocycles. The van der Waals surface area contributed by atoms with Crippen molar-refractivity contribution in [3.05, 3.63) is 80.9 Å². The maximum atomic E-state index is 12.4. The zero-order chi connectivity index (χ0) is 18.3. The van der Waals surface area contributed by atoms with Crippen molar-refractivity contribution < 1.29 is 19.2 Å². The van der Waals surface area contributed by atoms with Crippen molar-refractivity contribution in [2.24, 2.45) is 0 Å². The van der Waals surface area contributed by atoms with E-state index in [2.05, 4.69) is 0 Å². The first-order chi connectivity index (χ1) is 12.5. The highest BCUT2D eigenvalue weighted by Gasteiger charge is 2.25. The predicted molar refractivity (Wildman–Crippen MR) is 97.1 cm³/mol. The van der Waals surface area contributed by atoms with E-state index < -0.39 is 4.92 Å². The summed E-state index contributed by atoms with van der Waals surface area (Å²) in [6, 6.07) is 14.3. The second-order valence-corrected chi connectivity index (χ2v) is 6.68. The van der Waals surface area contributed by atoms with Crippen molar-refractivity contribution in [1.29, 1.82) is 0 Å². The van der Waals surface area contributed by atoms with Gasteiger partial charge in [-0.15, -0.1) is 0 Å². The van der Waals surface area contributed by atoms with E-state index in [4.69, 9.17) is 4.42 Å². The number of nitrogens with zero attached hydrogens (tertiary/aromatic N) is 1. The molecule has 2 heterocycles. The molecule has 6 nitrogen and oxygen atoms in total. The summed E-state index contributed by atoms with van der Waals surface area (Å²) in [6.07, 6.45) is 1.63. The van der Waals surface area contributed by atoms with Crippen LogP contribution in [0.4, 0.5) is 5.69 Å². The Morgan fingerprint density at radius 1 is 1.08 bits per heavy atom. The van der Waals surface area contributed by atoms with E-state index in [1.54, 1.807) is 24.3 Å². The third kappa shape index (κ3) is 2.78. The summed E-state index contributed by atoms with van der Waals surface area (Å²) in [6.45, 7) is 0. The van der Waals surface area contributed by atoms with Gasteiger partial charge < -0.3 is 9.52 Å². The Balaban J connectivity index is 1.67. The van der Waals surface area contributed by atoms with E-state index in [0.717, 1.165) is 4.90 Å². The van der Waals surface area contributed by atoms with Crippen LogP contribution in [0.5, 0.6) is 5.75 Å². The second kappa shape index (κ2) is 6.20. The zero-order valence-corrected chi connectivity index (χ0v) is 14.0. The lowest BCUT2D eigenvalue weighted by Crippen LogP contribution is -1.93. The van der Waals surface area contributed by atoms with Gasteiger partial charge in [0.25, 0.3) is 5.69 Å². The van der Waals surface area contributed by atoms with Crippen molar-refractivity contribution in [2.45, 2.75) is 4.90 Å². The van der Waals surface area contributed by atoms with Crippen LogP contribution in [0.2, 0.25) is 0 Å². The molecule has 0 saturated heterocycles. The summed E-state index contributed by atoms with van der Waals surface area (Å²) in [4.78, 5) is 24.2. The number of furan rings is 1. The lowest BCUT2D eigenvalue weighted by molar-refractivity contribution is -0.384. The first-order valence-corrected chi connectivity index (χ1v) is 8.45. The molecule has 0 amide bonds. The fraction of sp³-hybridized carbons (Fsp3) is 0. The summed E-state index contributed by atoms with van der Waals surface area (Å²) in [7, 11) is 0. The molecule has 0 spiro atoms. The third-order valence-electron chi connectivity index (χ3n) is 3.93. The van der Waals surface area contributed by atoms with Gasteiger partial charge >= 0.3 is 0 Å². The number of hydrogen-bond acceptors (Lipinski definition) is 6. The number of nitro groups is 1. The van der Waals surface area contributed by atoms with Crippen molar-refractivity contribution in [3.8, 4) is 17.1 Å². The molecule has 3 aromatic rings. The fourth-order valence-electron chi connectivity index (χ4n) is 2.68. The largest absolute Gasteiger partial charge is 0.507 e. The average molecular weight is 365 g/mol. The van der Waals surface area contributed by atoms with Crippen LogP contribution >= 0.6 is 11.8 Å². The van der Waals surface area contributed by atoms with Gasteiger partial charge in [0.2, 0.25) is 5.78 Å². The van der Waals surface area contributed by atoms with Crippen LogP contribution in [0, 0.1) is 10.1 Å². The van der Waals surface area contributed by atoms with Crippen LogP contribution in [0.15, 0.2) is 68.8 Å². The first kappa shape index (κ1) is 16.2. The molecule has 1 N–H and O–H groups in total. The number of rotatable bonds is 3. The average Bonchev–Trinajstić information content (AvgIpc) is 3.21. The highest BCUT2D eigenvalue weighted by molar-refractivity contribution is 8.04. The van der Waals surface area contributed by atoms with Crippen LogP contribution in [0.3, 0.4) is 0 Å². The number of nitro benzene ring substituents is 1. The number of phenols is 1. The number of carbonyl (C=O) groups excluding carboxylic acids is 1. The number of hydrogen-bond donors (Lipinski definition) is 1. The molecule has 26 heavy (non-hydrogen) atoms. The summed E-state index contributed by atoms with van der Waals surface area (Å²) in [5.74, 6) is 0.519. The Morgan fingerprint density at radius 2 is 1.88 bits per heavy atom. The molecule has 0 saturated carbocycles. The quantitative estimate of drug-likeness (QED) is 0.403. The number of benzene rings is 2. The molecule has 0 fully saturated rings. The monoisotopic (exact) mass is 365 g/mol. The van der Waals surface area contributed by atoms with E-state index >= 15 is 0 Å². The zero-order valence-electron chi connectivity index (χ0n) is 13.2. The minimum atomic E-state index is -0.542. The number of aromatic hydroxyl groups is 1. The molecular formula is C19H11NO5S. The standard InChI is InChI=1S/C19H11NO5S/c21-15-7-5-11(20(23)24)9-14(15)16-8-6-12(25-16)10-18-19(22)13-3-1-2-4-17(13)26-18/h1-10,21H. The second-order valence-electron chi connectivity index (χ2n) is 5.60. The molecule has 0 unspecified atom stereocenters. The molecule has 4 rings (SSSR count). The molecule has 0 atom stereocenters. The van der Waals surface area contributed by atoms with Crippen molar-refractivity contribution >= 4 is 29.3 Å². The van der Waals surface area contributed by atoms with Gasteiger partial charge in [-0.3, -0.25) is 14.9 Å². The van der Waals surface area contributed by atoms with Gasteiger partial charge in [-0.05, 0) is 36.4 Å². The predicted octanol–water partition coefficient (Wildman–Crippen LogP) is 4.89. The number of non-ortho nitro benzene ring substituents is 1. The van der Waals surface area contributed by atoms with E-state index in [0.29, 0.717) is 16.2 Å². The molecule has 1 aliphatic heterocycles. The van der Waals surface area contributed by atoms with E-state index in [9.17, 15) is 20.0 Å². The van der Waals surface area contributed by atoms with Gasteiger partial charge in [-0.1, -0.05) is 23.9 Å². The van der Waals surface area contributed by atoms with E-state index in [1.807, 2.05) is 18.2 Å². The van der Waals surface area contributed by atoms with Gasteiger partial charge in [-0.2, -0.15) is 0 Å². The van der Waals surface area contributed by atoms with Crippen LogP contribution in [-0.4, -0.2) is 15.8 Å². The van der Waals surface area contributed by atoms with Crippen LogP contribution in [0.1, 0.15) is 16.1 Å². The summed E-state index contributed by atoms with van der Waals surface area (Å²) in [5, 5.41) is 20.9. The topological polar surface area (TPSA) is 93.6 Å². The molecule has 2 aromatic carbocycles. The minimum absolute atomic E-state index is 0.0678. The smallest absolute Gasteiger partial charge is 0.270 e. The van der Waals surface area contributed by atoms with Gasteiger partial charge in [-0.25, -0.2) is 0 Å². The van der Waals surface area contributed by atoms with Crippen LogP contribution < -0.4 is 0 Å². The SMILES string of the molecule is O=C1C(=Cc2ccc(-c3cc([N+](=O)[O-])ccc3O)o2)Sc2ccccc21. The number of allylic oxidation sites excluding steroid dienone is 1. The van der Waals surface area contributed by atoms with Crippen molar-refractivity contribution in [2.75, 3.05) is 0 Å².